The van der Waals surface area contributed by atoms with Crippen LogP contribution in [0.25, 0.3) is 0 Å². The van der Waals surface area contributed by atoms with Gasteiger partial charge in [-0.2, -0.15) is 0 Å². The zero-order valence-electron chi connectivity index (χ0n) is 15.3. The number of aliphatic carboxylic acids is 1. The molecule has 0 saturated carbocycles. The van der Waals surface area contributed by atoms with Gasteiger partial charge in [-0.3, -0.25) is 14.4 Å². The molecule has 1 fully saturated rings. The van der Waals surface area contributed by atoms with Crippen molar-refractivity contribution < 1.29 is 29.4 Å². The van der Waals surface area contributed by atoms with Crippen molar-refractivity contribution in [2.24, 2.45) is 11.7 Å². The number of carboxylic acid groups (broad SMARTS) is 1. The molecule has 3 amide bonds. The van der Waals surface area contributed by atoms with Crippen LogP contribution < -0.4 is 16.4 Å². The molecule has 0 aliphatic carbocycles. The highest BCUT2D eigenvalue weighted by atomic mass is 16.4. The van der Waals surface area contributed by atoms with Gasteiger partial charge in [-0.25, -0.2) is 4.79 Å². The molecule has 4 atom stereocenters. The molecule has 1 aliphatic rings. The largest absolute Gasteiger partial charge is 0.480 e. The topological polar surface area (TPSA) is 162 Å². The Morgan fingerprint density at radius 2 is 1.81 bits per heavy atom. The van der Waals surface area contributed by atoms with Gasteiger partial charge in [-0.15, -0.1) is 0 Å². The molecule has 4 unspecified atom stereocenters. The number of carboxylic acids is 1. The van der Waals surface area contributed by atoms with Crippen LogP contribution in [-0.4, -0.2) is 76.1 Å². The Hall–Kier alpha value is -2.20. The summed E-state index contributed by atoms with van der Waals surface area (Å²) in [6.07, 6.45) is 1.05. The fourth-order valence-electron chi connectivity index (χ4n) is 2.79. The minimum absolute atomic E-state index is 0.363. The van der Waals surface area contributed by atoms with Crippen LogP contribution in [-0.2, 0) is 19.2 Å². The maximum atomic E-state index is 12.5. The average Bonchev–Trinajstić information content (AvgIpc) is 3.05. The summed E-state index contributed by atoms with van der Waals surface area (Å²) in [7, 11) is 0. The first kappa shape index (κ1) is 21.8. The van der Waals surface area contributed by atoms with Crippen molar-refractivity contribution in [3.8, 4) is 0 Å². The second-order valence-corrected chi connectivity index (χ2v) is 6.79. The molecule has 0 aromatic heterocycles. The van der Waals surface area contributed by atoms with Gasteiger partial charge in [-0.1, -0.05) is 13.8 Å². The first-order valence-corrected chi connectivity index (χ1v) is 8.60. The van der Waals surface area contributed by atoms with Gasteiger partial charge in [0.25, 0.3) is 0 Å². The van der Waals surface area contributed by atoms with E-state index in [1.54, 1.807) is 13.8 Å². The highest BCUT2D eigenvalue weighted by molar-refractivity contribution is 5.94. The van der Waals surface area contributed by atoms with Crippen LogP contribution in [0.3, 0.4) is 0 Å². The summed E-state index contributed by atoms with van der Waals surface area (Å²) in [6.45, 7) is 4.47. The molecule has 0 bridgehead atoms. The van der Waals surface area contributed by atoms with E-state index in [1.807, 2.05) is 0 Å². The monoisotopic (exact) mass is 372 g/mol. The van der Waals surface area contributed by atoms with E-state index in [0.29, 0.717) is 19.4 Å². The van der Waals surface area contributed by atoms with E-state index in [9.17, 15) is 24.3 Å². The Kier molecular flexibility index (Phi) is 7.97. The van der Waals surface area contributed by atoms with Gasteiger partial charge in [0.05, 0.1) is 12.6 Å². The molecule has 1 rings (SSSR count). The van der Waals surface area contributed by atoms with E-state index >= 15 is 0 Å². The smallest absolute Gasteiger partial charge is 0.326 e. The number of nitrogens with two attached hydrogens (primary N) is 1. The molecule has 1 saturated heterocycles. The van der Waals surface area contributed by atoms with E-state index in [0.717, 1.165) is 0 Å². The van der Waals surface area contributed by atoms with E-state index in [4.69, 9.17) is 10.8 Å². The van der Waals surface area contributed by atoms with Gasteiger partial charge in [-0.05, 0) is 25.7 Å². The van der Waals surface area contributed by atoms with Crippen LogP contribution in [0.5, 0.6) is 0 Å². The number of carbonyl (C=O) groups excluding carboxylic acids is 3. The number of likely N-dealkylation sites (tertiary alicyclic amines) is 1. The first-order valence-electron chi connectivity index (χ1n) is 8.60. The Morgan fingerprint density at radius 1 is 1.19 bits per heavy atom. The minimum Gasteiger partial charge on any atom is -0.480 e. The number of nitrogens with zero attached hydrogens (tertiary/aromatic N) is 1. The van der Waals surface area contributed by atoms with Crippen molar-refractivity contribution in [3.63, 3.8) is 0 Å². The quantitative estimate of drug-likeness (QED) is 0.330. The molecule has 0 aromatic rings. The van der Waals surface area contributed by atoms with E-state index < -0.39 is 48.6 Å². The zero-order chi connectivity index (χ0) is 20.0. The first-order chi connectivity index (χ1) is 12.1. The molecule has 1 heterocycles. The van der Waals surface area contributed by atoms with Crippen LogP contribution in [0.15, 0.2) is 0 Å². The molecular formula is C16H28N4O6. The lowest BCUT2D eigenvalue weighted by Gasteiger charge is -2.27. The Bertz CT molecular complexity index is 551. The predicted molar refractivity (Wildman–Crippen MR) is 91.8 cm³/mol. The molecule has 0 aromatic carbocycles. The van der Waals surface area contributed by atoms with Crippen molar-refractivity contribution in [2.45, 2.75) is 57.8 Å². The standard InChI is InChI=1S/C16H28N4O6/c1-8(2)12(16(25)26)19-13(22)10(7-21)18-14(23)11-5-4-6-20(11)15(24)9(3)17/h8-12,21H,4-7,17H2,1-3H3,(H,18,23)(H,19,22)(H,25,26). The summed E-state index contributed by atoms with van der Waals surface area (Å²) in [5, 5.41) is 23.2. The Balaban J connectivity index is 2.77. The average molecular weight is 372 g/mol. The van der Waals surface area contributed by atoms with E-state index in [2.05, 4.69) is 10.6 Å². The summed E-state index contributed by atoms with van der Waals surface area (Å²) in [5.41, 5.74) is 5.58. The summed E-state index contributed by atoms with van der Waals surface area (Å²) < 4.78 is 0. The van der Waals surface area contributed by atoms with Crippen molar-refractivity contribution in [3.05, 3.63) is 0 Å². The van der Waals surface area contributed by atoms with E-state index in [-0.39, 0.29) is 11.8 Å². The molecule has 0 radical (unpaired) electrons. The van der Waals surface area contributed by atoms with Gasteiger partial charge in [0, 0.05) is 6.54 Å². The van der Waals surface area contributed by atoms with Gasteiger partial charge in [0.15, 0.2) is 0 Å². The van der Waals surface area contributed by atoms with Crippen molar-refractivity contribution >= 4 is 23.7 Å². The fraction of sp³-hybridized carbons (Fsp3) is 0.750. The highest BCUT2D eigenvalue weighted by Gasteiger charge is 2.37. The van der Waals surface area contributed by atoms with Crippen LogP contribution in [0.1, 0.15) is 33.6 Å². The summed E-state index contributed by atoms with van der Waals surface area (Å²) >= 11 is 0. The normalized spacial score (nSPS) is 20.4. The Morgan fingerprint density at radius 3 is 2.27 bits per heavy atom. The fourth-order valence-corrected chi connectivity index (χ4v) is 2.79. The number of aliphatic hydroxyl groups excluding tert-OH is 1. The minimum atomic E-state index is -1.31. The molecule has 1 aliphatic heterocycles. The Labute approximate surface area is 152 Å². The third-order valence-corrected chi connectivity index (χ3v) is 4.27. The maximum Gasteiger partial charge on any atom is 0.326 e. The van der Waals surface area contributed by atoms with Gasteiger partial charge in [0.2, 0.25) is 17.7 Å². The lowest BCUT2D eigenvalue weighted by Crippen LogP contribution is -2.58. The maximum absolute atomic E-state index is 12.5. The zero-order valence-corrected chi connectivity index (χ0v) is 15.3. The van der Waals surface area contributed by atoms with Gasteiger partial charge in [0.1, 0.15) is 18.1 Å². The third-order valence-electron chi connectivity index (χ3n) is 4.27. The second kappa shape index (κ2) is 9.48. The third kappa shape index (κ3) is 5.40. The SMILES string of the molecule is CC(N)C(=O)N1CCCC1C(=O)NC(CO)C(=O)NC(C(=O)O)C(C)C. The number of aliphatic hydroxyl groups is 1. The number of nitrogens with one attached hydrogen (secondary N) is 2. The number of amides is 3. The molecular weight excluding hydrogens is 344 g/mol. The summed E-state index contributed by atoms with van der Waals surface area (Å²) in [6, 6.07) is -3.97. The summed E-state index contributed by atoms with van der Waals surface area (Å²) in [4.78, 5) is 49.3. The van der Waals surface area contributed by atoms with E-state index in [1.165, 1.54) is 11.8 Å². The lowest BCUT2D eigenvalue weighted by molar-refractivity contribution is -0.144. The molecule has 6 N–H and O–H groups in total. The van der Waals surface area contributed by atoms with Crippen molar-refractivity contribution in [1.82, 2.24) is 15.5 Å². The van der Waals surface area contributed by atoms with Crippen LogP contribution in [0.2, 0.25) is 0 Å². The molecule has 0 spiro atoms. The van der Waals surface area contributed by atoms with Crippen molar-refractivity contribution in [1.29, 1.82) is 0 Å². The molecule has 10 nitrogen and oxygen atoms in total. The predicted octanol–water partition coefficient (Wildman–Crippen LogP) is -1.97. The van der Waals surface area contributed by atoms with Crippen molar-refractivity contribution in [2.75, 3.05) is 13.2 Å². The van der Waals surface area contributed by atoms with Gasteiger partial charge < -0.3 is 31.5 Å². The van der Waals surface area contributed by atoms with Gasteiger partial charge >= 0.3 is 5.97 Å². The lowest BCUT2D eigenvalue weighted by atomic mass is 10.0. The number of carbonyl (C=O) groups is 4. The molecule has 148 valence electrons. The number of hydrogen-bond acceptors (Lipinski definition) is 6. The van der Waals surface area contributed by atoms with Crippen LogP contribution >= 0.6 is 0 Å². The molecule has 26 heavy (non-hydrogen) atoms. The van der Waals surface area contributed by atoms with Crippen LogP contribution in [0, 0.1) is 5.92 Å². The second-order valence-electron chi connectivity index (χ2n) is 6.79. The number of hydrogen-bond donors (Lipinski definition) is 5. The number of rotatable bonds is 8. The molecule has 10 heteroatoms. The van der Waals surface area contributed by atoms with Crippen LogP contribution in [0.4, 0.5) is 0 Å². The summed E-state index contributed by atoms with van der Waals surface area (Å²) in [5.74, 6) is -3.33. The highest BCUT2D eigenvalue weighted by Crippen LogP contribution is 2.18.